The van der Waals surface area contributed by atoms with E-state index >= 15 is 0 Å². The van der Waals surface area contributed by atoms with Gasteiger partial charge in [-0.15, -0.1) is 0 Å². The Bertz CT molecular complexity index is 572. The predicted octanol–water partition coefficient (Wildman–Crippen LogP) is -0.586. The average molecular weight is 383 g/mol. The highest BCUT2D eigenvalue weighted by atomic mass is 16.2. The molecule has 1 fully saturated rings. The van der Waals surface area contributed by atoms with Crippen LogP contribution in [-0.2, 0) is 24.0 Å². The van der Waals surface area contributed by atoms with Gasteiger partial charge in [0.1, 0.15) is 0 Å². The van der Waals surface area contributed by atoms with Crippen LogP contribution in [0.3, 0.4) is 0 Å². The van der Waals surface area contributed by atoms with Crippen LogP contribution in [0.15, 0.2) is 0 Å². The lowest BCUT2D eigenvalue weighted by molar-refractivity contribution is -0.156. The van der Waals surface area contributed by atoms with Crippen LogP contribution in [0, 0.1) is 5.92 Å². The van der Waals surface area contributed by atoms with E-state index < -0.39 is 0 Å². The fourth-order valence-corrected chi connectivity index (χ4v) is 2.68. The Morgan fingerprint density at radius 3 is 1.81 bits per heavy atom. The Morgan fingerprint density at radius 2 is 1.37 bits per heavy atom. The largest absolute Gasteiger partial charge is 0.339 e. The van der Waals surface area contributed by atoms with Gasteiger partial charge in [0.05, 0.1) is 26.7 Å². The fourth-order valence-electron chi connectivity index (χ4n) is 2.68. The summed E-state index contributed by atoms with van der Waals surface area (Å²) in [4.78, 5) is 63.1. The van der Waals surface area contributed by atoms with Gasteiger partial charge in [0.15, 0.2) is 0 Å². The van der Waals surface area contributed by atoms with E-state index in [2.05, 4.69) is 10.6 Å². The standard InChI is InChI=1S/C17H29N5O5/c1-5-15(17(27)19-8-18-12(2)23)6-7-16(26)22-10-20(13(3)24)9-21(11-22)14(4)25/h15H,5-11H2,1-4H3,(H,18,23)(H,19,27). The summed E-state index contributed by atoms with van der Waals surface area (Å²) >= 11 is 0. The van der Waals surface area contributed by atoms with Crippen LogP contribution < -0.4 is 10.6 Å². The lowest BCUT2D eigenvalue weighted by atomic mass is 9.99. The summed E-state index contributed by atoms with van der Waals surface area (Å²) in [5.74, 6) is -1.49. The smallest absolute Gasteiger partial charge is 0.225 e. The quantitative estimate of drug-likeness (QED) is 0.570. The van der Waals surface area contributed by atoms with E-state index in [1.165, 1.54) is 35.5 Å². The molecule has 0 aromatic carbocycles. The van der Waals surface area contributed by atoms with Gasteiger partial charge in [0, 0.05) is 33.1 Å². The third-order valence-corrected chi connectivity index (χ3v) is 4.44. The van der Waals surface area contributed by atoms with Crippen LogP contribution in [0.1, 0.15) is 47.0 Å². The Labute approximate surface area is 159 Å². The molecule has 1 aliphatic heterocycles. The Balaban J connectivity index is 2.59. The van der Waals surface area contributed by atoms with E-state index in [1.54, 1.807) is 0 Å². The molecule has 152 valence electrons. The molecule has 10 nitrogen and oxygen atoms in total. The van der Waals surface area contributed by atoms with Crippen LogP contribution in [0.2, 0.25) is 0 Å². The van der Waals surface area contributed by atoms with Gasteiger partial charge >= 0.3 is 0 Å². The molecular formula is C17H29N5O5. The number of nitrogens with zero attached hydrogens (tertiary/aromatic N) is 3. The molecule has 1 rings (SSSR count). The molecule has 1 saturated heterocycles. The number of amides is 5. The van der Waals surface area contributed by atoms with Gasteiger partial charge in [-0.05, 0) is 12.8 Å². The number of hydrogen-bond donors (Lipinski definition) is 2. The molecule has 1 atom stereocenters. The molecule has 1 unspecified atom stereocenters. The minimum absolute atomic E-state index is 0.0475. The number of carbonyl (C=O) groups excluding carboxylic acids is 5. The SMILES string of the molecule is CCC(CCC(=O)N1CN(C(C)=O)CN(C(C)=O)C1)C(=O)NCNC(C)=O. The van der Waals surface area contributed by atoms with E-state index in [0.29, 0.717) is 12.8 Å². The van der Waals surface area contributed by atoms with Crippen molar-refractivity contribution >= 4 is 29.5 Å². The lowest BCUT2D eigenvalue weighted by Crippen LogP contribution is -2.58. The summed E-state index contributed by atoms with van der Waals surface area (Å²) in [5.41, 5.74) is 0. The average Bonchev–Trinajstić information content (AvgIpc) is 2.61. The van der Waals surface area contributed by atoms with Crippen molar-refractivity contribution in [3.63, 3.8) is 0 Å². The first-order valence-electron chi connectivity index (χ1n) is 8.96. The Hall–Kier alpha value is -2.65. The number of carbonyl (C=O) groups is 5. The van der Waals surface area contributed by atoms with E-state index in [4.69, 9.17) is 0 Å². The fraction of sp³-hybridized carbons (Fsp3) is 0.706. The van der Waals surface area contributed by atoms with E-state index in [1.807, 2.05) is 6.92 Å². The van der Waals surface area contributed by atoms with Crippen LogP contribution in [0.25, 0.3) is 0 Å². The summed E-state index contributed by atoms with van der Waals surface area (Å²) in [5, 5.41) is 5.09. The van der Waals surface area contributed by atoms with Crippen molar-refractivity contribution in [2.45, 2.75) is 47.0 Å². The normalized spacial score (nSPS) is 15.2. The first-order valence-corrected chi connectivity index (χ1v) is 8.96. The van der Waals surface area contributed by atoms with Crippen molar-refractivity contribution < 1.29 is 24.0 Å². The molecule has 1 aliphatic rings. The first kappa shape index (κ1) is 22.4. The van der Waals surface area contributed by atoms with Gasteiger partial charge in [-0.1, -0.05) is 6.92 Å². The van der Waals surface area contributed by atoms with Gasteiger partial charge in [-0.3, -0.25) is 24.0 Å². The topological polar surface area (TPSA) is 119 Å². The maximum absolute atomic E-state index is 12.5. The van der Waals surface area contributed by atoms with Crippen LogP contribution in [0.5, 0.6) is 0 Å². The van der Waals surface area contributed by atoms with Crippen molar-refractivity contribution in [3.8, 4) is 0 Å². The molecule has 10 heteroatoms. The highest BCUT2D eigenvalue weighted by Crippen LogP contribution is 2.15. The van der Waals surface area contributed by atoms with Crippen molar-refractivity contribution in [2.24, 2.45) is 5.92 Å². The van der Waals surface area contributed by atoms with Gasteiger partial charge in [-0.2, -0.15) is 0 Å². The minimum Gasteiger partial charge on any atom is -0.339 e. The maximum Gasteiger partial charge on any atom is 0.225 e. The van der Waals surface area contributed by atoms with Crippen molar-refractivity contribution in [2.75, 3.05) is 26.7 Å². The Kier molecular flexibility index (Phi) is 8.70. The second-order valence-corrected chi connectivity index (χ2v) is 6.57. The zero-order valence-corrected chi connectivity index (χ0v) is 16.4. The molecule has 0 saturated carbocycles. The highest BCUT2D eigenvalue weighted by molar-refractivity contribution is 5.82. The summed E-state index contributed by atoms with van der Waals surface area (Å²) < 4.78 is 0. The Morgan fingerprint density at radius 1 is 0.852 bits per heavy atom. The van der Waals surface area contributed by atoms with Gasteiger partial charge < -0.3 is 25.3 Å². The molecule has 0 aromatic heterocycles. The highest BCUT2D eigenvalue weighted by Gasteiger charge is 2.29. The van der Waals surface area contributed by atoms with Crippen LogP contribution in [0.4, 0.5) is 0 Å². The first-order chi connectivity index (χ1) is 12.6. The number of nitrogens with one attached hydrogen (secondary N) is 2. The maximum atomic E-state index is 12.5. The predicted molar refractivity (Wildman–Crippen MR) is 96.3 cm³/mol. The third-order valence-electron chi connectivity index (χ3n) is 4.44. The molecule has 0 radical (unpaired) electrons. The summed E-state index contributed by atoms with van der Waals surface area (Å²) in [7, 11) is 0. The zero-order chi connectivity index (χ0) is 20.6. The van der Waals surface area contributed by atoms with E-state index in [-0.39, 0.29) is 68.5 Å². The van der Waals surface area contributed by atoms with Crippen LogP contribution >= 0.6 is 0 Å². The minimum atomic E-state index is -0.361. The van der Waals surface area contributed by atoms with Gasteiger partial charge in [-0.25, -0.2) is 0 Å². The molecule has 1 heterocycles. The summed E-state index contributed by atoms with van der Waals surface area (Å²) in [6.45, 7) is 6.45. The molecule has 27 heavy (non-hydrogen) atoms. The molecule has 0 aliphatic carbocycles. The second kappa shape index (κ2) is 10.5. The molecule has 0 aromatic rings. The molecular weight excluding hydrogens is 354 g/mol. The summed E-state index contributed by atoms with van der Waals surface area (Å²) in [6, 6.07) is 0. The monoisotopic (exact) mass is 383 g/mol. The second-order valence-electron chi connectivity index (χ2n) is 6.57. The molecule has 2 N–H and O–H groups in total. The molecule has 0 spiro atoms. The number of hydrogen-bond acceptors (Lipinski definition) is 5. The van der Waals surface area contributed by atoms with Crippen molar-refractivity contribution in [1.29, 1.82) is 0 Å². The van der Waals surface area contributed by atoms with Gasteiger partial charge in [0.25, 0.3) is 0 Å². The van der Waals surface area contributed by atoms with E-state index in [0.717, 1.165) is 0 Å². The molecule has 0 bridgehead atoms. The zero-order valence-electron chi connectivity index (χ0n) is 16.4. The summed E-state index contributed by atoms with van der Waals surface area (Å²) in [6.07, 6.45) is 1.03. The van der Waals surface area contributed by atoms with Crippen molar-refractivity contribution in [3.05, 3.63) is 0 Å². The van der Waals surface area contributed by atoms with Gasteiger partial charge in [0.2, 0.25) is 29.5 Å². The van der Waals surface area contributed by atoms with Crippen molar-refractivity contribution in [1.82, 2.24) is 25.3 Å². The van der Waals surface area contributed by atoms with E-state index in [9.17, 15) is 24.0 Å². The number of rotatable bonds is 7. The third kappa shape index (κ3) is 7.24. The molecule has 5 amide bonds. The van der Waals surface area contributed by atoms with Crippen LogP contribution in [-0.4, -0.2) is 70.9 Å². The lowest BCUT2D eigenvalue weighted by Gasteiger charge is -2.41.